The number of carbonyl (C=O) groups excluding carboxylic acids is 2. The Morgan fingerprint density at radius 2 is 1.90 bits per heavy atom. The number of rotatable bonds is 6. The van der Waals surface area contributed by atoms with Gasteiger partial charge in [-0.25, -0.2) is 4.79 Å². The van der Waals surface area contributed by atoms with E-state index in [1.165, 1.54) is 12.8 Å². The van der Waals surface area contributed by atoms with Crippen LogP contribution in [0.1, 0.15) is 39.0 Å². The van der Waals surface area contributed by atoms with Crippen molar-refractivity contribution in [2.24, 2.45) is 5.92 Å². The van der Waals surface area contributed by atoms with E-state index in [9.17, 15) is 9.59 Å². The number of amides is 3. The van der Waals surface area contributed by atoms with Gasteiger partial charge in [-0.3, -0.25) is 9.69 Å². The van der Waals surface area contributed by atoms with Gasteiger partial charge in [0, 0.05) is 50.5 Å². The molecule has 160 valence electrons. The average Bonchev–Trinajstić information content (AvgIpc) is 3.23. The van der Waals surface area contributed by atoms with E-state index in [4.69, 9.17) is 11.6 Å². The van der Waals surface area contributed by atoms with Gasteiger partial charge in [0.1, 0.15) is 0 Å². The number of nitrogens with one attached hydrogen (secondary N) is 1. The molecule has 3 amide bonds. The third-order valence-corrected chi connectivity index (χ3v) is 6.34. The molecule has 29 heavy (non-hydrogen) atoms. The van der Waals surface area contributed by atoms with Crippen molar-refractivity contribution >= 4 is 29.2 Å². The number of hydrogen-bond acceptors (Lipinski definition) is 3. The number of anilines is 1. The highest BCUT2D eigenvalue weighted by molar-refractivity contribution is 6.30. The third kappa shape index (κ3) is 5.64. The minimum Gasteiger partial charge on any atom is -0.344 e. The lowest BCUT2D eigenvalue weighted by Crippen LogP contribution is -2.58. The Kier molecular flexibility index (Phi) is 7.78. The van der Waals surface area contributed by atoms with Crippen molar-refractivity contribution in [3.63, 3.8) is 0 Å². The van der Waals surface area contributed by atoms with Crippen LogP contribution in [-0.2, 0) is 4.79 Å². The lowest BCUT2D eigenvalue weighted by molar-refractivity contribution is -0.138. The lowest BCUT2D eigenvalue weighted by Gasteiger charge is -2.41. The normalized spacial score (nSPS) is 19.2. The molecule has 0 spiro atoms. The first-order valence-corrected chi connectivity index (χ1v) is 11.2. The maximum absolute atomic E-state index is 13.2. The fraction of sp³-hybridized carbons (Fsp3) is 0.636. The van der Waals surface area contributed by atoms with Crippen molar-refractivity contribution in [3.8, 4) is 0 Å². The zero-order valence-corrected chi connectivity index (χ0v) is 18.3. The van der Waals surface area contributed by atoms with Gasteiger partial charge in [0.2, 0.25) is 5.91 Å². The second-order valence-electron chi connectivity index (χ2n) is 8.21. The number of halogens is 1. The standard InChI is InChI=1S/C22H33ClN4O2/c1-3-11-25(2)21(28)20(17-7-4-5-8-17)26-12-14-27(15-13-26)22(29)24-19-10-6-9-18(23)16-19/h6,9-10,16-17,20H,3-5,7-8,11-15H2,1-2H3,(H,24,29). The first-order valence-electron chi connectivity index (χ1n) is 10.8. The molecule has 1 aromatic rings. The van der Waals surface area contributed by atoms with Gasteiger partial charge in [0.25, 0.3) is 0 Å². The fourth-order valence-corrected chi connectivity index (χ4v) is 4.76. The molecule has 1 unspecified atom stereocenters. The van der Waals surface area contributed by atoms with E-state index >= 15 is 0 Å². The number of urea groups is 1. The molecule has 6 nitrogen and oxygen atoms in total. The summed E-state index contributed by atoms with van der Waals surface area (Å²) in [4.78, 5) is 31.8. The van der Waals surface area contributed by atoms with Gasteiger partial charge in [-0.15, -0.1) is 0 Å². The predicted octanol–water partition coefficient (Wildman–Crippen LogP) is 3.92. The molecule has 2 fully saturated rings. The van der Waals surface area contributed by atoms with Gasteiger partial charge in [-0.05, 0) is 43.4 Å². The molecule has 0 aromatic heterocycles. The van der Waals surface area contributed by atoms with Gasteiger partial charge in [-0.1, -0.05) is 37.4 Å². The largest absolute Gasteiger partial charge is 0.344 e. The number of nitrogens with zero attached hydrogens (tertiary/aromatic N) is 3. The van der Waals surface area contributed by atoms with Gasteiger partial charge in [0.05, 0.1) is 6.04 Å². The summed E-state index contributed by atoms with van der Waals surface area (Å²) in [5.74, 6) is 0.684. The summed E-state index contributed by atoms with van der Waals surface area (Å²) >= 11 is 6.00. The highest BCUT2D eigenvalue weighted by atomic mass is 35.5. The van der Waals surface area contributed by atoms with Crippen LogP contribution < -0.4 is 5.32 Å². The van der Waals surface area contributed by atoms with Gasteiger partial charge >= 0.3 is 6.03 Å². The smallest absolute Gasteiger partial charge is 0.321 e. The van der Waals surface area contributed by atoms with Crippen LogP contribution >= 0.6 is 11.6 Å². The van der Waals surface area contributed by atoms with E-state index in [0.29, 0.717) is 29.7 Å². The molecule has 1 aliphatic carbocycles. The Hall–Kier alpha value is -1.79. The topological polar surface area (TPSA) is 55.9 Å². The Morgan fingerprint density at radius 3 is 2.52 bits per heavy atom. The summed E-state index contributed by atoms with van der Waals surface area (Å²) in [6.07, 6.45) is 5.66. The number of carbonyl (C=O) groups is 2. The van der Waals surface area contributed by atoms with Crippen LogP contribution in [0.25, 0.3) is 0 Å². The van der Waals surface area contributed by atoms with Crippen LogP contribution in [0.5, 0.6) is 0 Å². The van der Waals surface area contributed by atoms with E-state index < -0.39 is 0 Å². The van der Waals surface area contributed by atoms with Crippen LogP contribution in [0, 0.1) is 5.92 Å². The van der Waals surface area contributed by atoms with Crippen LogP contribution in [0.3, 0.4) is 0 Å². The van der Waals surface area contributed by atoms with Crippen LogP contribution in [0.2, 0.25) is 5.02 Å². The first-order chi connectivity index (χ1) is 14.0. The Labute approximate surface area is 179 Å². The monoisotopic (exact) mass is 420 g/mol. The minimum absolute atomic E-state index is 0.0489. The van der Waals surface area contributed by atoms with Gasteiger partial charge in [0.15, 0.2) is 0 Å². The summed E-state index contributed by atoms with van der Waals surface area (Å²) < 4.78 is 0. The summed E-state index contributed by atoms with van der Waals surface area (Å²) in [7, 11) is 1.92. The second-order valence-corrected chi connectivity index (χ2v) is 8.65. The SMILES string of the molecule is CCCN(C)C(=O)C(C1CCCC1)N1CCN(C(=O)Nc2cccc(Cl)c2)CC1. The highest BCUT2D eigenvalue weighted by Crippen LogP contribution is 2.32. The number of hydrogen-bond donors (Lipinski definition) is 1. The number of piperazine rings is 1. The zero-order valence-electron chi connectivity index (χ0n) is 17.6. The molecule has 1 atom stereocenters. The third-order valence-electron chi connectivity index (χ3n) is 6.11. The molecule has 1 saturated carbocycles. The van der Waals surface area contributed by atoms with Crippen LogP contribution in [0.4, 0.5) is 10.5 Å². The minimum atomic E-state index is -0.112. The molecule has 2 aliphatic rings. The second kappa shape index (κ2) is 10.3. The number of benzene rings is 1. The van der Waals surface area contributed by atoms with E-state index in [0.717, 1.165) is 38.9 Å². The van der Waals surface area contributed by atoms with Crippen LogP contribution in [0.15, 0.2) is 24.3 Å². The molecule has 3 rings (SSSR count). The van der Waals surface area contributed by atoms with Crippen LogP contribution in [-0.4, -0.2) is 72.5 Å². The van der Waals surface area contributed by atoms with Crippen molar-refractivity contribution in [1.82, 2.24) is 14.7 Å². The Morgan fingerprint density at radius 1 is 1.21 bits per heavy atom. The van der Waals surface area contributed by atoms with E-state index in [1.807, 2.05) is 29.0 Å². The van der Waals surface area contributed by atoms with E-state index in [1.54, 1.807) is 12.1 Å². The van der Waals surface area contributed by atoms with Crippen molar-refractivity contribution in [1.29, 1.82) is 0 Å². The summed E-state index contributed by atoms with van der Waals surface area (Å²) in [5.41, 5.74) is 0.699. The quantitative estimate of drug-likeness (QED) is 0.758. The Balaban J connectivity index is 1.60. The number of likely N-dealkylation sites (N-methyl/N-ethyl adjacent to an activating group) is 1. The van der Waals surface area contributed by atoms with E-state index in [-0.39, 0.29) is 18.0 Å². The van der Waals surface area contributed by atoms with Crippen molar-refractivity contribution < 1.29 is 9.59 Å². The summed E-state index contributed by atoms with van der Waals surface area (Å²) in [6, 6.07) is 7.02. The highest BCUT2D eigenvalue weighted by Gasteiger charge is 2.38. The lowest BCUT2D eigenvalue weighted by atomic mass is 9.94. The molecular weight excluding hydrogens is 388 g/mol. The molecule has 1 aromatic carbocycles. The zero-order chi connectivity index (χ0) is 20.8. The molecular formula is C22H33ClN4O2. The molecule has 7 heteroatoms. The maximum atomic E-state index is 13.2. The average molecular weight is 421 g/mol. The summed E-state index contributed by atoms with van der Waals surface area (Å²) in [6.45, 7) is 5.61. The van der Waals surface area contributed by atoms with Crippen molar-refractivity contribution in [3.05, 3.63) is 29.3 Å². The van der Waals surface area contributed by atoms with E-state index in [2.05, 4.69) is 17.1 Å². The van der Waals surface area contributed by atoms with Gasteiger partial charge < -0.3 is 15.1 Å². The summed E-state index contributed by atoms with van der Waals surface area (Å²) in [5, 5.41) is 3.52. The predicted molar refractivity (Wildman–Crippen MR) is 117 cm³/mol. The molecule has 1 aliphatic heterocycles. The molecule has 0 radical (unpaired) electrons. The fourth-order valence-electron chi connectivity index (χ4n) is 4.57. The Bertz CT molecular complexity index is 700. The molecule has 1 saturated heterocycles. The first kappa shape index (κ1) is 21.9. The maximum Gasteiger partial charge on any atom is 0.321 e. The van der Waals surface area contributed by atoms with Crippen molar-refractivity contribution in [2.75, 3.05) is 45.1 Å². The molecule has 1 heterocycles. The molecule has 0 bridgehead atoms. The van der Waals surface area contributed by atoms with Crippen molar-refractivity contribution in [2.45, 2.75) is 45.1 Å². The molecule has 1 N–H and O–H groups in total. The van der Waals surface area contributed by atoms with Gasteiger partial charge in [-0.2, -0.15) is 0 Å².